The number of hydrogen-bond donors (Lipinski definition) is 3. The van der Waals surface area contributed by atoms with Crippen LogP contribution in [0.1, 0.15) is 31.2 Å². The van der Waals surface area contributed by atoms with Crippen LogP contribution in [0.5, 0.6) is 11.5 Å². The Morgan fingerprint density at radius 2 is 1.66 bits per heavy atom. The van der Waals surface area contributed by atoms with Gasteiger partial charge < -0.3 is 25.4 Å². The molecule has 0 atom stereocenters. The van der Waals surface area contributed by atoms with Gasteiger partial charge in [-0.05, 0) is 30.5 Å². The van der Waals surface area contributed by atoms with Crippen molar-refractivity contribution in [2.75, 3.05) is 19.5 Å². The lowest BCUT2D eigenvalue weighted by molar-refractivity contribution is -0.121. The normalized spacial score (nSPS) is 14.7. The molecule has 0 radical (unpaired) electrons. The number of hydrogen-bond acceptors (Lipinski definition) is 4. The number of amides is 3. The lowest BCUT2D eigenvalue weighted by Gasteiger charge is -2.29. The zero-order valence-corrected chi connectivity index (χ0v) is 16.8. The number of methoxy groups -OCH3 is 2. The monoisotopic (exact) mass is 397 g/mol. The number of rotatable bonds is 7. The summed E-state index contributed by atoms with van der Waals surface area (Å²) in [6.45, 7) is 0.403. The van der Waals surface area contributed by atoms with Crippen LogP contribution in [0.25, 0.3) is 0 Å². The van der Waals surface area contributed by atoms with Crippen LogP contribution in [-0.4, -0.2) is 31.7 Å². The van der Waals surface area contributed by atoms with Gasteiger partial charge in [0.05, 0.1) is 14.2 Å². The second kappa shape index (κ2) is 9.32. The van der Waals surface area contributed by atoms with Crippen molar-refractivity contribution < 1.29 is 19.1 Å². The summed E-state index contributed by atoms with van der Waals surface area (Å²) >= 11 is 0. The first-order chi connectivity index (χ1) is 14.1. The maximum atomic E-state index is 13.1. The van der Waals surface area contributed by atoms with Crippen LogP contribution in [0.4, 0.5) is 10.5 Å². The third-order valence-electron chi connectivity index (χ3n) is 5.18. The molecule has 3 amide bonds. The molecular formula is C22H27N3O4. The Labute approximate surface area is 170 Å². The van der Waals surface area contributed by atoms with Crippen LogP contribution in [0.15, 0.2) is 48.5 Å². The SMILES string of the molecule is COc1ccc(NC(=O)C2(NC(=O)NCc3ccccc3)CCCC2)cc1OC. The first-order valence-corrected chi connectivity index (χ1v) is 9.70. The van der Waals surface area contributed by atoms with Gasteiger partial charge in [0.1, 0.15) is 5.54 Å². The summed E-state index contributed by atoms with van der Waals surface area (Å²) < 4.78 is 10.5. The van der Waals surface area contributed by atoms with Gasteiger partial charge in [-0.1, -0.05) is 43.2 Å². The second-order valence-corrected chi connectivity index (χ2v) is 7.11. The summed E-state index contributed by atoms with van der Waals surface area (Å²) in [5, 5.41) is 8.66. The molecule has 1 fully saturated rings. The van der Waals surface area contributed by atoms with E-state index in [1.165, 1.54) is 0 Å². The third-order valence-corrected chi connectivity index (χ3v) is 5.18. The largest absolute Gasteiger partial charge is 0.493 e. The Balaban J connectivity index is 1.66. The highest BCUT2D eigenvalue weighted by atomic mass is 16.5. The quantitative estimate of drug-likeness (QED) is 0.668. The van der Waals surface area contributed by atoms with E-state index in [-0.39, 0.29) is 11.9 Å². The van der Waals surface area contributed by atoms with Gasteiger partial charge >= 0.3 is 6.03 Å². The average Bonchev–Trinajstić information content (AvgIpc) is 3.22. The predicted octanol–water partition coefficient (Wildman–Crippen LogP) is 3.45. The Morgan fingerprint density at radius 1 is 0.966 bits per heavy atom. The van der Waals surface area contributed by atoms with Crippen LogP contribution in [0.2, 0.25) is 0 Å². The number of ether oxygens (including phenoxy) is 2. The number of carbonyl (C=O) groups is 2. The van der Waals surface area contributed by atoms with Crippen LogP contribution in [0, 0.1) is 0 Å². The Bertz CT molecular complexity index is 848. The van der Waals surface area contributed by atoms with E-state index in [2.05, 4.69) is 16.0 Å². The number of urea groups is 1. The number of anilines is 1. The topological polar surface area (TPSA) is 88.7 Å². The van der Waals surface area contributed by atoms with Crippen molar-refractivity contribution >= 4 is 17.6 Å². The van der Waals surface area contributed by atoms with Crippen LogP contribution >= 0.6 is 0 Å². The van der Waals surface area contributed by atoms with E-state index in [4.69, 9.17) is 9.47 Å². The van der Waals surface area contributed by atoms with Gasteiger partial charge in [0, 0.05) is 18.3 Å². The smallest absolute Gasteiger partial charge is 0.315 e. The van der Waals surface area contributed by atoms with Crippen molar-refractivity contribution in [3.8, 4) is 11.5 Å². The summed E-state index contributed by atoms with van der Waals surface area (Å²) in [5.41, 5.74) is 0.664. The van der Waals surface area contributed by atoms with Crippen molar-refractivity contribution in [2.24, 2.45) is 0 Å². The third kappa shape index (κ3) is 4.99. The Hall–Kier alpha value is -3.22. The van der Waals surface area contributed by atoms with E-state index in [1.54, 1.807) is 32.4 Å². The van der Waals surface area contributed by atoms with Crippen molar-refractivity contribution in [1.82, 2.24) is 10.6 Å². The molecule has 0 aliphatic heterocycles. The van der Waals surface area contributed by atoms with Gasteiger partial charge in [0.15, 0.2) is 11.5 Å². The van der Waals surface area contributed by atoms with Gasteiger partial charge in [0.2, 0.25) is 5.91 Å². The molecule has 2 aromatic carbocycles. The molecule has 7 heteroatoms. The van der Waals surface area contributed by atoms with Crippen LogP contribution in [-0.2, 0) is 11.3 Å². The van der Waals surface area contributed by atoms with Crippen LogP contribution < -0.4 is 25.4 Å². The van der Waals surface area contributed by atoms with E-state index in [0.717, 1.165) is 18.4 Å². The molecule has 0 heterocycles. The van der Waals surface area contributed by atoms with E-state index in [9.17, 15) is 9.59 Å². The molecule has 1 aliphatic rings. The molecule has 1 saturated carbocycles. The summed E-state index contributed by atoms with van der Waals surface area (Å²) in [6.07, 6.45) is 2.98. The fourth-order valence-corrected chi connectivity index (χ4v) is 3.59. The lowest BCUT2D eigenvalue weighted by atomic mass is 9.96. The predicted molar refractivity (Wildman–Crippen MR) is 111 cm³/mol. The van der Waals surface area contributed by atoms with Gasteiger partial charge in [0.25, 0.3) is 0 Å². The molecule has 0 saturated heterocycles. The second-order valence-electron chi connectivity index (χ2n) is 7.11. The average molecular weight is 397 g/mol. The van der Waals surface area contributed by atoms with Gasteiger partial charge in [-0.15, -0.1) is 0 Å². The molecule has 29 heavy (non-hydrogen) atoms. The minimum absolute atomic E-state index is 0.225. The highest BCUT2D eigenvalue weighted by Crippen LogP contribution is 2.33. The van der Waals surface area contributed by atoms with E-state index in [1.807, 2.05) is 30.3 Å². The Kier molecular flexibility index (Phi) is 6.59. The number of carbonyl (C=O) groups excluding carboxylic acids is 2. The highest BCUT2D eigenvalue weighted by molar-refractivity contribution is 6.00. The zero-order chi connectivity index (χ0) is 20.7. The molecule has 7 nitrogen and oxygen atoms in total. The van der Waals surface area contributed by atoms with Crippen molar-refractivity contribution in [2.45, 2.75) is 37.8 Å². The van der Waals surface area contributed by atoms with Gasteiger partial charge in [-0.3, -0.25) is 4.79 Å². The summed E-state index contributed by atoms with van der Waals surface area (Å²) in [7, 11) is 3.10. The summed E-state index contributed by atoms with van der Waals surface area (Å²) in [6, 6.07) is 14.5. The van der Waals surface area contributed by atoms with E-state index < -0.39 is 5.54 Å². The minimum atomic E-state index is -0.923. The molecule has 0 unspecified atom stereocenters. The fraction of sp³-hybridized carbons (Fsp3) is 0.364. The highest BCUT2D eigenvalue weighted by Gasteiger charge is 2.42. The van der Waals surface area contributed by atoms with Gasteiger partial charge in [-0.2, -0.15) is 0 Å². The zero-order valence-electron chi connectivity index (χ0n) is 16.8. The number of benzene rings is 2. The first kappa shape index (κ1) is 20.5. The maximum absolute atomic E-state index is 13.1. The molecule has 3 N–H and O–H groups in total. The maximum Gasteiger partial charge on any atom is 0.315 e. The molecule has 2 aromatic rings. The van der Waals surface area contributed by atoms with Crippen LogP contribution in [0.3, 0.4) is 0 Å². The lowest BCUT2D eigenvalue weighted by Crippen LogP contribution is -2.57. The summed E-state index contributed by atoms with van der Waals surface area (Å²) in [5.74, 6) is 0.885. The van der Waals surface area contributed by atoms with E-state index in [0.29, 0.717) is 36.6 Å². The molecular weight excluding hydrogens is 370 g/mol. The molecule has 154 valence electrons. The fourth-order valence-electron chi connectivity index (χ4n) is 3.59. The number of nitrogens with one attached hydrogen (secondary N) is 3. The molecule has 1 aliphatic carbocycles. The van der Waals surface area contributed by atoms with Gasteiger partial charge in [-0.25, -0.2) is 4.79 Å². The molecule has 0 bridgehead atoms. The Morgan fingerprint density at radius 3 is 2.31 bits per heavy atom. The minimum Gasteiger partial charge on any atom is -0.493 e. The first-order valence-electron chi connectivity index (χ1n) is 9.70. The molecule has 0 spiro atoms. The standard InChI is InChI=1S/C22H27N3O4/c1-28-18-11-10-17(14-19(18)29-2)24-20(26)22(12-6-7-13-22)25-21(27)23-15-16-8-4-3-5-9-16/h3-5,8-11,14H,6-7,12-13,15H2,1-2H3,(H,24,26)(H2,23,25,27). The van der Waals surface area contributed by atoms with Crippen molar-refractivity contribution in [1.29, 1.82) is 0 Å². The summed E-state index contributed by atoms with van der Waals surface area (Å²) in [4.78, 5) is 25.6. The van der Waals surface area contributed by atoms with E-state index >= 15 is 0 Å². The molecule has 3 rings (SSSR count). The molecule has 0 aromatic heterocycles. The van der Waals surface area contributed by atoms with Crippen molar-refractivity contribution in [3.05, 3.63) is 54.1 Å². The van der Waals surface area contributed by atoms with Crippen molar-refractivity contribution in [3.63, 3.8) is 0 Å².